The van der Waals surface area contributed by atoms with Crippen LogP contribution in [0, 0.1) is 5.95 Å². The highest BCUT2D eigenvalue weighted by Crippen LogP contribution is 2.28. The van der Waals surface area contributed by atoms with Crippen LogP contribution >= 0.6 is 0 Å². The van der Waals surface area contributed by atoms with Crippen LogP contribution in [0.2, 0.25) is 0 Å². The van der Waals surface area contributed by atoms with Gasteiger partial charge in [-0.25, -0.2) is 4.98 Å². The van der Waals surface area contributed by atoms with E-state index in [1.54, 1.807) is 0 Å². The van der Waals surface area contributed by atoms with Crippen LogP contribution in [-0.4, -0.2) is 28.0 Å². The van der Waals surface area contributed by atoms with Crippen LogP contribution in [0.25, 0.3) is 0 Å². The molecule has 1 aromatic rings. The predicted molar refractivity (Wildman–Crippen MR) is 76.0 cm³/mol. The molecule has 0 unspecified atom stereocenters. The number of amides is 1. The molecule has 5 heteroatoms. The van der Waals surface area contributed by atoms with Gasteiger partial charge in [0.2, 0.25) is 5.95 Å². The summed E-state index contributed by atoms with van der Waals surface area (Å²) in [5.74, 6) is -0.881. The van der Waals surface area contributed by atoms with Gasteiger partial charge in [-0.1, -0.05) is 0 Å². The largest absolute Gasteiger partial charge is 0.349 e. The lowest BCUT2D eigenvalue weighted by Gasteiger charge is -2.46. The molecule has 1 fully saturated rings. The first-order chi connectivity index (χ1) is 9.17. The van der Waals surface area contributed by atoms with Gasteiger partial charge in [-0.2, -0.15) is 4.39 Å². The molecule has 2 N–H and O–H groups in total. The molecule has 1 aliphatic heterocycles. The van der Waals surface area contributed by atoms with Crippen LogP contribution in [0.3, 0.4) is 0 Å². The zero-order valence-electron chi connectivity index (χ0n) is 12.5. The lowest BCUT2D eigenvalue weighted by molar-refractivity contribution is 0.0872. The zero-order valence-corrected chi connectivity index (χ0v) is 12.5. The summed E-state index contributed by atoms with van der Waals surface area (Å²) in [5, 5.41) is 6.56. The van der Waals surface area contributed by atoms with Crippen molar-refractivity contribution in [2.24, 2.45) is 0 Å². The van der Waals surface area contributed by atoms with Gasteiger partial charge in [-0.05, 0) is 46.6 Å². The fourth-order valence-corrected chi connectivity index (χ4v) is 3.24. The molecular weight excluding hydrogens is 257 g/mol. The SMILES string of the molecule is CC1(C)CC(NC(=O)c2ccnc(F)c2)CC(C)(C)N1. The second kappa shape index (κ2) is 5.13. The molecule has 0 aromatic carbocycles. The van der Waals surface area contributed by atoms with Crippen molar-refractivity contribution in [1.29, 1.82) is 0 Å². The summed E-state index contributed by atoms with van der Waals surface area (Å²) in [6, 6.07) is 2.76. The molecule has 1 amide bonds. The van der Waals surface area contributed by atoms with Crippen molar-refractivity contribution < 1.29 is 9.18 Å². The quantitative estimate of drug-likeness (QED) is 0.817. The van der Waals surface area contributed by atoms with Gasteiger partial charge in [0.05, 0.1) is 0 Å². The smallest absolute Gasteiger partial charge is 0.251 e. The van der Waals surface area contributed by atoms with Crippen molar-refractivity contribution in [2.75, 3.05) is 0 Å². The molecule has 0 bridgehead atoms. The van der Waals surface area contributed by atoms with E-state index in [1.807, 2.05) is 0 Å². The maximum Gasteiger partial charge on any atom is 0.251 e. The minimum atomic E-state index is -0.636. The Morgan fingerprint density at radius 3 is 2.50 bits per heavy atom. The molecule has 1 saturated heterocycles. The topological polar surface area (TPSA) is 54.0 Å². The number of carbonyl (C=O) groups is 1. The normalized spacial score (nSPS) is 21.4. The van der Waals surface area contributed by atoms with Crippen molar-refractivity contribution >= 4 is 5.91 Å². The Bertz CT molecular complexity index is 498. The molecule has 2 heterocycles. The molecular formula is C15H22FN3O. The van der Waals surface area contributed by atoms with Gasteiger partial charge in [0.1, 0.15) is 0 Å². The van der Waals surface area contributed by atoms with Crippen molar-refractivity contribution in [1.82, 2.24) is 15.6 Å². The first-order valence-corrected chi connectivity index (χ1v) is 6.89. The standard InChI is InChI=1S/C15H22FN3O/c1-14(2)8-11(9-15(3,4)19-14)18-13(20)10-5-6-17-12(16)7-10/h5-7,11,19H,8-9H2,1-4H3,(H,18,20). The van der Waals surface area contributed by atoms with Crippen LogP contribution in [0.5, 0.6) is 0 Å². The molecule has 0 radical (unpaired) electrons. The second-order valence-electron chi connectivity index (χ2n) is 6.84. The van der Waals surface area contributed by atoms with Gasteiger partial charge in [-0.3, -0.25) is 4.79 Å². The third-order valence-corrected chi connectivity index (χ3v) is 3.51. The van der Waals surface area contributed by atoms with E-state index >= 15 is 0 Å². The number of hydrogen-bond donors (Lipinski definition) is 2. The third-order valence-electron chi connectivity index (χ3n) is 3.51. The average molecular weight is 279 g/mol. The monoisotopic (exact) mass is 279 g/mol. The van der Waals surface area contributed by atoms with Crippen molar-refractivity contribution in [3.8, 4) is 0 Å². The number of nitrogens with one attached hydrogen (secondary N) is 2. The van der Waals surface area contributed by atoms with Crippen LogP contribution in [-0.2, 0) is 0 Å². The molecule has 4 nitrogen and oxygen atoms in total. The van der Waals surface area contributed by atoms with Crippen molar-refractivity contribution in [3.63, 3.8) is 0 Å². The van der Waals surface area contributed by atoms with E-state index in [1.165, 1.54) is 12.3 Å². The van der Waals surface area contributed by atoms with Gasteiger partial charge in [0.25, 0.3) is 5.91 Å². The van der Waals surface area contributed by atoms with Crippen LogP contribution < -0.4 is 10.6 Å². The predicted octanol–water partition coefficient (Wildman–Crippen LogP) is 2.26. The molecule has 0 saturated carbocycles. The summed E-state index contributed by atoms with van der Waals surface area (Å²) in [5.41, 5.74) is 0.235. The average Bonchev–Trinajstić information content (AvgIpc) is 2.24. The molecule has 0 atom stereocenters. The number of aromatic nitrogens is 1. The zero-order chi connectivity index (χ0) is 15.0. The maximum atomic E-state index is 13.1. The van der Waals surface area contributed by atoms with Crippen molar-refractivity contribution in [2.45, 2.75) is 57.7 Å². The highest BCUT2D eigenvalue weighted by atomic mass is 19.1. The van der Waals surface area contributed by atoms with E-state index in [-0.39, 0.29) is 23.0 Å². The number of halogens is 1. The van der Waals surface area contributed by atoms with E-state index in [2.05, 4.69) is 43.3 Å². The summed E-state index contributed by atoms with van der Waals surface area (Å²) in [4.78, 5) is 15.6. The van der Waals surface area contributed by atoms with Gasteiger partial charge in [0, 0.05) is 34.9 Å². The minimum Gasteiger partial charge on any atom is -0.349 e. The van der Waals surface area contributed by atoms with Gasteiger partial charge >= 0.3 is 0 Å². The van der Waals surface area contributed by atoms with E-state index in [0.29, 0.717) is 5.56 Å². The molecule has 0 spiro atoms. The Morgan fingerprint density at radius 2 is 1.95 bits per heavy atom. The van der Waals surface area contributed by atoms with E-state index < -0.39 is 5.95 Å². The number of rotatable bonds is 2. The highest BCUT2D eigenvalue weighted by Gasteiger charge is 2.38. The lowest BCUT2D eigenvalue weighted by Crippen LogP contribution is -2.62. The Balaban J connectivity index is 2.08. The number of pyridine rings is 1. The number of piperidine rings is 1. The summed E-state index contributed by atoms with van der Waals surface area (Å²) in [6.45, 7) is 8.50. The first-order valence-electron chi connectivity index (χ1n) is 6.89. The summed E-state index contributed by atoms with van der Waals surface area (Å²) in [6.07, 6.45) is 2.99. The maximum absolute atomic E-state index is 13.1. The third kappa shape index (κ3) is 3.76. The number of carbonyl (C=O) groups excluding carboxylic acids is 1. The molecule has 20 heavy (non-hydrogen) atoms. The summed E-state index contributed by atoms with van der Waals surface area (Å²) >= 11 is 0. The summed E-state index contributed by atoms with van der Waals surface area (Å²) in [7, 11) is 0. The van der Waals surface area contributed by atoms with Gasteiger partial charge in [-0.15, -0.1) is 0 Å². The highest BCUT2D eigenvalue weighted by molar-refractivity contribution is 5.94. The van der Waals surface area contributed by atoms with Gasteiger partial charge in [0.15, 0.2) is 0 Å². The Labute approximate surface area is 119 Å². The Hall–Kier alpha value is -1.49. The van der Waals surface area contributed by atoms with Crippen LogP contribution in [0.15, 0.2) is 18.3 Å². The minimum absolute atomic E-state index is 0.0385. The van der Waals surface area contributed by atoms with Gasteiger partial charge < -0.3 is 10.6 Å². The summed E-state index contributed by atoms with van der Waals surface area (Å²) < 4.78 is 13.1. The second-order valence-corrected chi connectivity index (χ2v) is 6.84. The van der Waals surface area contributed by atoms with E-state index in [9.17, 15) is 9.18 Å². The Kier molecular flexibility index (Phi) is 3.82. The molecule has 1 aliphatic rings. The molecule has 110 valence electrons. The lowest BCUT2D eigenvalue weighted by atomic mass is 9.79. The molecule has 0 aliphatic carbocycles. The number of hydrogen-bond acceptors (Lipinski definition) is 3. The van der Waals surface area contributed by atoms with E-state index in [0.717, 1.165) is 18.9 Å². The Morgan fingerprint density at radius 1 is 1.35 bits per heavy atom. The molecule has 1 aromatic heterocycles. The van der Waals surface area contributed by atoms with E-state index in [4.69, 9.17) is 0 Å². The van der Waals surface area contributed by atoms with Crippen molar-refractivity contribution in [3.05, 3.63) is 29.8 Å². The number of nitrogens with zero attached hydrogens (tertiary/aromatic N) is 1. The molecule has 2 rings (SSSR count). The van der Waals surface area contributed by atoms with Crippen LogP contribution in [0.1, 0.15) is 50.9 Å². The fourth-order valence-electron chi connectivity index (χ4n) is 3.24. The fraction of sp³-hybridized carbons (Fsp3) is 0.600. The van der Waals surface area contributed by atoms with Crippen LogP contribution in [0.4, 0.5) is 4.39 Å². The first kappa shape index (κ1) is 14.9.